The minimum atomic E-state index is -0.200. The van der Waals surface area contributed by atoms with Gasteiger partial charge >= 0.3 is 0 Å². The highest BCUT2D eigenvalue weighted by Gasteiger charge is 2.08. The highest BCUT2D eigenvalue weighted by molar-refractivity contribution is 5.92. The summed E-state index contributed by atoms with van der Waals surface area (Å²) in [4.78, 5) is 22.8. The molecule has 1 aromatic carbocycles. The third-order valence-electron chi connectivity index (χ3n) is 3.53. The van der Waals surface area contributed by atoms with Gasteiger partial charge in [0.1, 0.15) is 5.69 Å². The van der Waals surface area contributed by atoms with Crippen LogP contribution in [0.3, 0.4) is 0 Å². The van der Waals surface area contributed by atoms with E-state index < -0.39 is 0 Å². The van der Waals surface area contributed by atoms with E-state index in [2.05, 4.69) is 25.5 Å². The van der Waals surface area contributed by atoms with E-state index in [1.54, 1.807) is 12.3 Å². The summed E-state index contributed by atoms with van der Waals surface area (Å²) >= 11 is 0. The number of anilines is 1. The first kappa shape index (κ1) is 17.9. The molecule has 0 unspecified atom stereocenters. The van der Waals surface area contributed by atoms with E-state index in [1.165, 1.54) is 5.56 Å². The zero-order chi connectivity index (χ0) is 17.4. The predicted octanol–water partition coefficient (Wildman–Crippen LogP) is 2.08. The summed E-state index contributed by atoms with van der Waals surface area (Å²) < 4.78 is 0. The molecule has 0 saturated heterocycles. The van der Waals surface area contributed by atoms with Gasteiger partial charge in [-0.3, -0.25) is 4.79 Å². The summed E-state index contributed by atoms with van der Waals surface area (Å²) in [5, 5.41) is 6.03. The lowest BCUT2D eigenvalue weighted by Gasteiger charge is -2.10. The maximum Gasteiger partial charge on any atom is 0.270 e. The van der Waals surface area contributed by atoms with Crippen molar-refractivity contribution in [1.29, 1.82) is 0 Å². The number of hydrogen-bond donors (Lipinski definition) is 2. The molecule has 0 bridgehead atoms. The Morgan fingerprint density at radius 3 is 2.62 bits per heavy atom. The van der Waals surface area contributed by atoms with Crippen LogP contribution >= 0.6 is 0 Å². The van der Waals surface area contributed by atoms with Crippen molar-refractivity contribution in [1.82, 2.24) is 20.2 Å². The van der Waals surface area contributed by atoms with Crippen LogP contribution in [0.5, 0.6) is 0 Å². The van der Waals surface area contributed by atoms with Crippen LogP contribution in [0, 0.1) is 6.92 Å². The Hall–Kier alpha value is -2.47. The molecule has 0 aliphatic heterocycles. The Labute approximate surface area is 143 Å². The third kappa shape index (κ3) is 5.96. The smallest absolute Gasteiger partial charge is 0.270 e. The molecule has 1 heterocycles. The summed E-state index contributed by atoms with van der Waals surface area (Å²) in [7, 11) is 4.07. The van der Waals surface area contributed by atoms with Gasteiger partial charge in [-0.05, 0) is 45.6 Å². The quantitative estimate of drug-likeness (QED) is 0.727. The summed E-state index contributed by atoms with van der Waals surface area (Å²) in [6.07, 6.45) is 2.59. The summed E-state index contributed by atoms with van der Waals surface area (Å²) in [5.41, 5.74) is 2.63. The fraction of sp³-hybridized carbons (Fsp3) is 0.389. The fourth-order valence-electron chi connectivity index (χ4n) is 2.14. The van der Waals surface area contributed by atoms with Gasteiger partial charge in [0.25, 0.3) is 5.91 Å². The van der Waals surface area contributed by atoms with Crippen LogP contribution in [-0.2, 0) is 6.54 Å². The van der Waals surface area contributed by atoms with E-state index in [-0.39, 0.29) is 5.91 Å². The Kier molecular flexibility index (Phi) is 6.69. The number of hydrogen-bond acceptors (Lipinski definition) is 5. The summed E-state index contributed by atoms with van der Waals surface area (Å²) in [6, 6.07) is 9.69. The zero-order valence-electron chi connectivity index (χ0n) is 14.5. The van der Waals surface area contributed by atoms with Crippen molar-refractivity contribution in [2.24, 2.45) is 0 Å². The summed E-state index contributed by atoms with van der Waals surface area (Å²) in [5.74, 6) is 0.283. The molecule has 2 N–H and O–H groups in total. The topological polar surface area (TPSA) is 70.2 Å². The molecule has 1 aromatic heterocycles. The van der Waals surface area contributed by atoms with E-state index in [1.807, 2.05) is 45.3 Å². The average Bonchev–Trinajstić information content (AvgIpc) is 2.58. The van der Waals surface area contributed by atoms with Crippen LogP contribution in [0.2, 0.25) is 0 Å². The van der Waals surface area contributed by atoms with Gasteiger partial charge in [-0.1, -0.05) is 29.8 Å². The lowest BCUT2D eigenvalue weighted by Crippen LogP contribution is -2.24. The molecule has 1 amide bonds. The number of benzene rings is 1. The van der Waals surface area contributed by atoms with Crippen molar-refractivity contribution >= 4 is 11.9 Å². The van der Waals surface area contributed by atoms with Gasteiger partial charge in [-0.2, -0.15) is 0 Å². The molecule has 0 fully saturated rings. The number of carbonyl (C=O) groups is 1. The second-order valence-corrected chi connectivity index (χ2v) is 6.02. The van der Waals surface area contributed by atoms with Gasteiger partial charge in [0.05, 0.1) is 0 Å². The Morgan fingerprint density at radius 1 is 1.17 bits per heavy atom. The molecule has 0 spiro atoms. The van der Waals surface area contributed by atoms with Crippen LogP contribution in [0.15, 0.2) is 36.5 Å². The molecule has 0 saturated carbocycles. The molecule has 0 aliphatic rings. The first-order valence-corrected chi connectivity index (χ1v) is 8.10. The SMILES string of the molecule is Cc1ccc(CNC(=O)c2ccnc(NCCCN(C)C)n2)cc1. The monoisotopic (exact) mass is 327 g/mol. The molecule has 0 atom stereocenters. The lowest BCUT2D eigenvalue weighted by atomic mass is 10.1. The van der Waals surface area contributed by atoms with E-state index >= 15 is 0 Å². The Balaban J connectivity index is 1.85. The number of rotatable bonds is 8. The molecule has 128 valence electrons. The molecule has 0 radical (unpaired) electrons. The Morgan fingerprint density at radius 2 is 1.92 bits per heavy atom. The van der Waals surface area contributed by atoms with Crippen LogP contribution in [0.1, 0.15) is 28.0 Å². The molecular weight excluding hydrogens is 302 g/mol. The van der Waals surface area contributed by atoms with Crippen molar-refractivity contribution in [3.05, 3.63) is 53.3 Å². The minimum Gasteiger partial charge on any atom is -0.354 e. The molecule has 0 aliphatic carbocycles. The van der Waals surface area contributed by atoms with Gasteiger partial charge < -0.3 is 15.5 Å². The molecule has 2 aromatic rings. The molecule has 24 heavy (non-hydrogen) atoms. The standard InChI is InChI=1S/C18H25N5O/c1-14-5-7-15(8-6-14)13-21-17(24)16-9-11-20-18(22-16)19-10-4-12-23(2)3/h5-9,11H,4,10,12-13H2,1-3H3,(H,21,24)(H,19,20,22). The predicted molar refractivity (Wildman–Crippen MR) is 96.0 cm³/mol. The lowest BCUT2D eigenvalue weighted by molar-refractivity contribution is 0.0946. The fourth-order valence-corrected chi connectivity index (χ4v) is 2.14. The number of nitrogens with zero attached hydrogens (tertiary/aromatic N) is 3. The number of amides is 1. The first-order valence-electron chi connectivity index (χ1n) is 8.10. The van der Waals surface area contributed by atoms with Crippen LogP contribution in [0.25, 0.3) is 0 Å². The van der Waals surface area contributed by atoms with Crippen molar-refractivity contribution in [3.63, 3.8) is 0 Å². The second kappa shape index (κ2) is 8.98. The van der Waals surface area contributed by atoms with Gasteiger partial charge in [0.2, 0.25) is 5.95 Å². The minimum absolute atomic E-state index is 0.200. The highest BCUT2D eigenvalue weighted by atomic mass is 16.1. The third-order valence-corrected chi connectivity index (χ3v) is 3.53. The maximum absolute atomic E-state index is 12.2. The van der Waals surface area contributed by atoms with Crippen molar-refractivity contribution < 1.29 is 4.79 Å². The molecule has 6 heteroatoms. The normalized spacial score (nSPS) is 10.7. The van der Waals surface area contributed by atoms with Crippen molar-refractivity contribution in [2.75, 3.05) is 32.5 Å². The van der Waals surface area contributed by atoms with Crippen LogP contribution in [-0.4, -0.2) is 48.0 Å². The number of aromatic nitrogens is 2. The molecule has 2 rings (SSSR count). The van der Waals surface area contributed by atoms with E-state index in [9.17, 15) is 4.79 Å². The van der Waals surface area contributed by atoms with Gasteiger partial charge in [0.15, 0.2) is 0 Å². The van der Waals surface area contributed by atoms with Crippen molar-refractivity contribution in [3.8, 4) is 0 Å². The maximum atomic E-state index is 12.2. The zero-order valence-corrected chi connectivity index (χ0v) is 14.5. The van der Waals surface area contributed by atoms with E-state index in [0.29, 0.717) is 18.2 Å². The van der Waals surface area contributed by atoms with Crippen molar-refractivity contribution in [2.45, 2.75) is 19.9 Å². The highest BCUT2D eigenvalue weighted by Crippen LogP contribution is 2.04. The second-order valence-electron chi connectivity index (χ2n) is 6.02. The van der Waals surface area contributed by atoms with Crippen LogP contribution in [0.4, 0.5) is 5.95 Å². The number of nitrogens with one attached hydrogen (secondary N) is 2. The first-order chi connectivity index (χ1) is 11.5. The molecular formula is C18H25N5O. The number of carbonyl (C=O) groups excluding carboxylic acids is 1. The largest absolute Gasteiger partial charge is 0.354 e. The number of aryl methyl sites for hydroxylation is 1. The van der Waals surface area contributed by atoms with Gasteiger partial charge in [0, 0.05) is 19.3 Å². The van der Waals surface area contributed by atoms with E-state index in [4.69, 9.17) is 0 Å². The van der Waals surface area contributed by atoms with Gasteiger partial charge in [-0.25, -0.2) is 9.97 Å². The van der Waals surface area contributed by atoms with Crippen LogP contribution < -0.4 is 10.6 Å². The Bertz CT molecular complexity index is 655. The van der Waals surface area contributed by atoms with E-state index in [0.717, 1.165) is 25.1 Å². The average molecular weight is 327 g/mol. The molecule has 6 nitrogen and oxygen atoms in total. The summed E-state index contributed by atoms with van der Waals surface area (Å²) in [6.45, 7) is 4.28. The van der Waals surface area contributed by atoms with Gasteiger partial charge in [-0.15, -0.1) is 0 Å².